The van der Waals surface area contributed by atoms with Crippen LogP contribution < -0.4 is 10.2 Å². The number of morpholine rings is 1. The third kappa shape index (κ3) is 4.49. The summed E-state index contributed by atoms with van der Waals surface area (Å²) in [7, 11) is 0. The first-order valence-electron chi connectivity index (χ1n) is 9.16. The Morgan fingerprint density at radius 3 is 2.83 bits per heavy atom. The minimum atomic E-state index is -0.383. The van der Waals surface area contributed by atoms with Gasteiger partial charge in [-0.3, -0.25) is 4.79 Å². The molecule has 1 fully saturated rings. The quantitative estimate of drug-likeness (QED) is 0.706. The van der Waals surface area contributed by atoms with Crippen molar-refractivity contribution in [3.63, 3.8) is 0 Å². The summed E-state index contributed by atoms with van der Waals surface area (Å²) in [5, 5.41) is 10.7. The van der Waals surface area contributed by atoms with Crippen LogP contribution in [-0.4, -0.2) is 52.4 Å². The molecule has 1 N–H and O–H groups in total. The molecule has 0 aliphatic carbocycles. The number of carbonyl (C=O) groups excluding carboxylic acids is 1. The lowest BCUT2D eigenvalue weighted by molar-refractivity contribution is 0.102. The van der Waals surface area contributed by atoms with E-state index in [1.54, 1.807) is 6.20 Å². The van der Waals surface area contributed by atoms with Gasteiger partial charge in [-0.1, -0.05) is 17.7 Å². The lowest BCUT2D eigenvalue weighted by Gasteiger charge is -2.26. The molecule has 1 aliphatic rings. The zero-order valence-corrected chi connectivity index (χ0v) is 16.6. The highest BCUT2D eigenvalue weighted by atomic mass is 35.5. The van der Waals surface area contributed by atoms with Gasteiger partial charge in [0, 0.05) is 30.5 Å². The summed E-state index contributed by atoms with van der Waals surface area (Å²) < 4.78 is 5.40. The Labute approximate surface area is 172 Å². The SMILES string of the molecule is Cc1ccc(NC(=O)c2cc(Cl)cnn2)cc1-c1ccnc(N2CCOCC2)n1. The molecule has 0 bridgehead atoms. The monoisotopic (exact) mass is 410 g/mol. The van der Waals surface area contributed by atoms with Crippen LogP contribution in [0.25, 0.3) is 11.3 Å². The second-order valence-electron chi connectivity index (χ2n) is 6.58. The van der Waals surface area contributed by atoms with Gasteiger partial charge in [0.1, 0.15) is 0 Å². The molecule has 8 nitrogen and oxygen atoms in total. The normalized spacial score (nSPS) is 13.9. The maximum Gasteiger partial charge on any atom is 0.276 e. The number of rotatable bonds is 4. The van der Waals surface area contributed by atoms with Crippen LogP contribution in [0.2, 0.25) is 5.02 Å². The number of carbonyl (C=O) groups is 1. The Bertz CT molecular complexity index is 1040. The lowest BCUT2D eigenvalue weighted by Crippen LogP contribution is -2.37. The largest absolute Gasteiger partial charge is 0.378 e. The zero-order valence-electron chi connectivity index (χ0n) is 15.8. The maximum absolute atomic E-state index is 12.4. The van der Waals surface area contributed by atoms with Gasteiger partial charge in [0.05, 0.1) is 30.1 Å². The van der Waals surface area contributed by atoms with Crippen molar-refractivity contribution in [3.05, 3.63) is 59.0 Å². The Morgan fingerprint density at radius 1 is 1.21 bits per heavy atom. The van der Waals surface area contributed by atoms with Crippen molar-refractivity contribution in [3.8, 4) is 11.3 Å². The number of anilines is 2. The molecule has 0 spiro atoms. The van der Waals surface area contributed by atoms with E-state index < -0.39 is 0 Å². The number of hydrogen-bond acceptors (Lipinski definition) is 7. The number of nitrogens with zero attached hydrogens (tertiary/aromatic N) is 5. The van der Waals surface area contributed by atoms with E-state index >= 15 is 0 Å². The molecule has 2 aromatic heterocycles. The Kier molecular flexibility index (Phi) is 5.64. The molecule has 0 saturated carbocycles. The minimum Gasteiger partial charge on any atom is -0.378 e. The second kappa shape index (κ2) is 8.50. The van der Waals surface area contributed by atoms with Crippen molar-refractivity contribution < 1.29 is 9.53 Å². The summed E-state index contributed by atoms with van der Waals surface area (Å²) in [4.78, 5) is 23.7. The van der Waals surface area contributed by atoms with E-state index in [9.17, 15) is 4.79 Å². The summed E-state index contributed by atoms with van der Waals surface area (Å²) in [6, 6.07) is 8.99. The van der Waals surface area contributed by atoms with Crippen LogP contribution in [0, 0.1) is 6.92 Å². The fourth-order valence-corrected chi connectivity index (χ4v) is 3.19. The molecule has 29 heavy (non-hydrogen) atoms. The van der Waals surface area contributed by atoms with Crippen LogP contribution in [0.1, 0.15) is 16.1 Å². The Morgan fingerprint density at radius 2 is 2.03 bits per heavy atom. The number of halogens is 1. The Balaban J connectivity index is 1.59. The summed E-state index contributed by atoms with van der Waals surface area (Å²) >= 11 is 5.89. The fraction of sp³-hybridized carbons (Fsp3) is 0.250. The topological polar surface area (TPSA) is 93.1 Å². The van der Waals surface area contributed by atoms with E-state index in [0.29, 0.717) is 29.9 Å². The average Bonchev–Trinajstić information content (AvgIpc) is 2.76. The summed E-state index contributed by atoms with van der Waals surface area (Å²) in [5.41, 5.74) is 3.52. The number of benzene rings is 1. The van der Waals surface area contributed by atoms with Crippen molar-refractivity contribution in [1.82, 2.24) is 20.2 Å². The molecule has 3 heterocycles. The number of amides is 1. The first-order chi connectivity index (χ1) is 14.1. The highest BCUT2D eigenvalue weighted by Gasteiger charge is 2.16. The van der Waals surface area contributed by atoms with E-state index in [1.807, 2.05) is 31.2 Å². The van der Waals surface area contributed by atoms with Crippen LogP contribution in [-0.2, 0) is 4.74 Å². The number of ether oxygens (including phenoxy) is 1. The highest BCUT2D eigenvalue weighted by Crippen LogP contribution is 2.26. The van der Waals surface area contributed by atoms with Crippen molar-refractivity contribution in [2.24, 2.45) is 0 Å². The second-order valence-corrected chi connectivity index (χ2v) is 7.02. The standard InChI is InChI=1S/C20H19ClN6O2/c1-13-2-3-15(24-19(28)18-10-14(21)12-23-26-18)11-16(13)17-4-5-22-20(25-17)27-6-8-29-9-7-27/h2-5,10-12H,6-9H2,1H3,(H,24,28). The van der Waals surface area contributed by atoms with Gasteiger partial charge in [-0.25, -0.2) is 9.97 Å². The molecule has 3 aromatic rings. The molecular formula is C20H19ClN6O2. The van der Waals surface area contributed by atoms with Gasteiger partial charge >= 0.3 is 0 Å². The number of aromatic nitrogens is 4. The van der Waals surface area contributed by atoms with Crippen LogP contribution in [0.15, 0.2) is 42.7 Å². The first kappa shape index (κ1) is 19.2. The molecule has 1 aromatic carbocycles. The number of aryl methyl sites for hydroxylation is 1. The van der Waals surface area contributed by atoms with Crippen LogP contribution in [0.4, 0.5) is 11.6 Å². The lowest BCUT2D eigenvalue weighted by atomic mass is 10.0. The fourth-order valence-electron chi connectivity index (χ4n) is 3.04. The molecule has 0 unspecified atom stereocenters. The van der Waals surface area contributed by atoms with Crippen molar-refractivity contribution in [2.45, 2.75) is 6.92 Å². The van der Waals surface area contributed by atoms with E-state index in [1.165, 1.54) is 12.3 Å². The predicted molar refractivity (Wildman–Crippen MR) is 110 cm³/mol. The smallest absolute Gasteiger partial charge is 0.276 e. The van der Waals surface area contributed by atoms with Gasteiger partial charge in [0.2, 0.25) is 5.95 Å². The summed E-state index contributed by atoms with van der Waals surface area (Å²) in [6.45, 7) is 4.86. The first-order valence-corrected chi connectivity index (χ1v) is 9.54. The summed E-state index contributed by atoms with van der Waals surface area (Å²) in [5.74, 6) is 0.292. The Hall–Kier alpha value is -3.10. The minimum absolute atomic E-state index is 0.149. The van der Waals surface area contributed by atoms with Crippen molar-refractivity contribution in [2.75, 3.05) is 36.5 Å². The number of hydrogen-bond donors (Lipinski definition) is 1. The molecule has 9 heteroatoms. The molecule has 148 valence electrons. The van der Waals surface area contributed by atoms with Gasteiger partial charge in [0.15, 0.2) is 5.69 Å². The number of nitrogens with one attached hydrogen (secondary N) is 1. The molecule has 0 radical (unpaired) electrons. The molecule has 1 aliphatic heterocycles. The van der Waals surface area contributed by atoms with Gasteiger partial charge in [-0.2, -0.15) is 5.10 Å². The maximum atomic E-state index is 12.4. The third-order valence-electron chi connectivity index (χ3n) is 4.56. The predicted octanol–water partition coefficient (Wildman–Crippen LogP) is 2.98. The van der Waals surface area contributed by atoms with E-state index in [2.05, 4.69) is 25.4 Å². The van der Waals surface area contributed by atoms with Crippen LogP contribution in [0.3, 0.4) is 0 Å². The van der Waals surface area contributed by atoms with E-state index in [-0.39, 0.29) is 11.6 Å². The van der Waals surface area contributed by atoms with Gasteiger partial charge in [-0.05, 0) is 36.8 Å². The molecule has 4 rings (SSSR count). The third-order valence-corrected chi connectivity index (χ3v) is 4.77. The molecule has 1 saturated heterocycles. The van der Waals surface area contributed by atoms with Gasteiger partial charge < -0.3 is 15.0 Å². The van der Waals surface area contributed by atoms with Gasteiger partial charge in [-0.15, -0.1) is 5.10 Å². The van der Waals surface area contributed by atoms with Gasteiger partial charge in [0.25, 0.3) is 5.91 Å². The average molecular weight is 411 g/mol. The van der Waals surface area contributed by atoms with Crippen molar-refractivity contribution in [1.29, 1.82) is 0 Å². The molecular weight excluding hydrogens is 392 g/mol. The van der Waals surface area contributed by atoms with E-state index in [0.717, 1.165) is 29.9 Å². The zero-order chi connectivity index (χ0) is 20.2. The van der Waals surface area contributed by atoms with Crippen LogP contribution >= 0.6 is 11.6 Å². The molecule has 0 atom stereocenters. The summed E-state index contributed by atoms with van der Waals surface area (Å²) in [6.07, 6.45) is 3.13. The van der Waals surface area contributed by atoms with Crippen LogP contribution in [0.5, 0.6) is 0 Å². The molecule has 1 amide bonds. The van der Waals surface area contributed by atoms with Crippen molar-refractivity contribution >= 4 is 29.1 Å². The van der Waals surface area contributed by atoms with E-state index in [4.69, 9.17) is 21.3 Å². The highest BCUT2D eigenvalue weighted by molar-refractivity contribution is 6.30.